The van der Waals surface area contributed by atoms with Gasteiger partial charge in [0.05, 0.1) is 5.41 Å². The molecule has 4 fully saturated rings. The topological polar surface area (TPSA) is 26.3 Å². The highest BCUT2D eigenvalue weighted by molar-refractivity contribution is 5.83. The third-order valence-electron chi connectivity index (χ3n) is 10.9. The number of esters is 1. The van der Waals surface area contributed by atoms with Crippen molar-refractivity contribution >= 4 is 5.97 Å². The van der Waals surface area contributed by atoms with E-state index in [-0.39, 0.29) is 34.1 Å². The molecule has 5 aliphatic rings. The van der Waals surface area contributed by atoms with Crippen molar-refractivity contribution in [2.45, 2.75) is 60.5 Å². The van der Waals surface area contributed by atoms with Gasteiger partial charge in [-0.25, -0.2) is 0 Å². The summed E-state index contributed by atoms with van der Waals surface area (Å²) in [6.45, 7) is 21.1. The highest BCUT2D eigenvalue weighted by atomic mass is 16.6. The highest BCUT2D eigenvalue weighted by Crippen LogP contribution is 2.82. The Labute approximate surface area is 158 Å². The second kappa shape index (κ2) is 4.33. The lowest BCUT2D eigenvalue weighted by molar-refractivity contribution is -0.163. The van der Waals surface area contributed by atoms with Gasteiger partial charge in [0.15, 0.2) is 0 Å². The number of allylic oxidation sites excluding steroid dienone is 2. The zero-order chi connectivity index (χ0) is 19.0. The Morgan fingerprint density at radius 2 is 1.73 bits per heavy atom. The monoisotopic (exact) mass is 354 g/mol. The summed E-state index contributed by atoms with van der Waals surface area (Å²) in [5.41, 5.74) is 1.09. The van der Waals surface area contributed by atoms with Crippen molar-refractivity contribution in [2.24, 2.45) is 57.7 Å². The van der Waals surface area contributed by atoms with Crippen LogP contribution in [0.25, 0.3) is 0 Å². The second-order valence-corrected chi connectivity index (χ2v) is 11.0. The first kappa shape index (κ1) is 17.1. The normalized spacial score (nSPS) is 65.1. The van der Waals surface area contributed by atoms with Crippen molar-refractivity contribution in [1.82, 2.24) is 0 Å². The molecule has 0 aromatic heterocycles. The molecule has 4 aliphatic carbocycles. The summed E-state index contributed by atoms with van der Waals surface area (Å²) in [5.74, 6) is 3.03. The molecule has 0 radical (unpaired) electrons. The first-order valence-electron chi connectivity index (χ1n) is 10.6. The third kappa shape index (κ3) is 1.31. The molecule has 0 aromatic rings. The molecule has 4 bridgehead atoms. The average molecular weight is 355 g/mol. The van der Waals surface area contributed by atoms with Gasteiger partial charge in [0.25, 0.3) is 0 Å². The maximum absolute atomic E-state index is 13.1. The molecular weight excluding hydrogens is 320 g/mol. The minimum Gasteiger partial charge on any atom is -0.454 e. The van der Waals surface area contributed by atoms with Crippen LogP contribution in [0.5, 0.6) is 0 Å². The molecular formula is C24H34O2. The summed E-state index contributed by atoms with van der Waals surface area (Å²) in [6.07, 6.45) is 5.82. The van der Waals surface area contributed by atoms with Gasteiger partial charge < -0.3 is 4.74 Å². The molecule has 1 spiro atoms. The van der Waals surface area contributed by atoms with Crippen molar-refractivity contribution in [3.8, 4) is 0 Å². The first-order chi connectivity index (χ1) is 12.0. The van der Waals surface area contributed by atoms with Crippen molar-refractivity contribution < 1.29 is 9.53 Å². The molecule has 2 nitrogen and oxygen atoms in total. The quantitative estimate of drug-likeness (QED) is 0.439. The van der Waals surface area contributed by atoms with Gasteiger partial charge in [-0.2, -0.15) is 0 Å². The van der Waals surface area contributed by atoms with E-state index in [9.17, 15) is 4.79 Å². The van der Waals surface area contributed by atoms with Crippen LogP contribution >= 0.6 is 0 Å². The van der Waals surface area contributed by atoms with E-state index in [1.165, 1.54) is 12.0 Å². The van der Waals surface area contributed by atoms with E-state index in [1.807, 2.05) is 0 Å². The maximum Gasteiger partial charge on any atom is 0.313 e. The molecule has 0 aromatic carbocycles. The fourth-order valence-corrected chi connectivity index (χ4v) is 9.19. The summed E-state index contributed by atoms with van der Waals surface area (Å²) in [7, 11) is 0. The summed E-state index contributed by atoms with van der Waals surface area (Å²) in [6, 6.07) is 0. The molecule has 1 aliphatic heterocycles. The van der Waals surface area contributed by atoms with Crippen LogP contribution in [-0.4, -0.2) is 11.6 Å². The van der Waals surface area contributed by atoms with Gasteiger partial charge in [-0.1, -0.05) is 59.8 Å². The average Bonchev–Trinajstić information content (AvgIpc) is 3.00. The third-order valence-corrected chi connectivity index (χ3v) is 10.9. The number of hydrogen-bond donors (Lipinski definition) is 0. The Morgan fingerprint density at radius 3 is 2.38 bits per heavy atom. The highest BCUT2D eigenvalue weighted by Gasteiger charge is 2.83. The number of hydrogen-bond acceptors (Lipinski definition) is 2. The Hall–Kier alpha value is -1.05. The van der Waals surface area contributed by atoms with Gasteiger partial charge in [0.1, 0.15) is 5.60 Å². The Kier molecular flexibility index (Phi) is 2.85. The van der Waals surface area contributed by atoms with Crippen LogP contribution in [0.3, 0.4) is 0 Å². The minimum atomic E-state index is -0.397. The largest absolute Gasteiger partial charge is 0.454 e. The first-order valence-corrected chi connectivity index (χ1v) is 10.6. The lowest BCUT2D eigenvalue weighted by Crippen LogP contribution is -2.52. The zero-order valence-electron chi connectivity index (χ0n) is 17.4. The fourth-order valence-electron chi connectivity index (χ4n) is 9.19. The van der Waals surface area contributed by atoms with Crippen LogP contribution in [0.1, 0.15) is 54.9 Å². The molecule has 142 valence electrons. The molecule has 0 N–H and O–H groups in total. The Bertz CT molecular complexity index is 766. The van der Waals surface area contributed by atoms with Crippen LogP contribution < -0.4 is 0 Å². The molecule has 5 rings (SSSR count). The molecule has 1 heterocycles. The van der Waals surface area contributed by atoms with Crippen molar-refractivity contribution in [1.29, 1.82) is 0 Å². The van der Waals surface area contributed by atoms with E-state index in [0.29, 0.717) is 29.6 Å². The van der Waals surface area contributed by atoms with Crippen molar-refractivity contribution in [3.05, 3.63) is 24.3 Å². The van der Waals surface area contributed by atoms with E-state index in [0.717, 1.165) is 0 Å². The maximum atomic E-state index is 13.1. The zero-order valence-corrected chi connectivity index (χ0v) is 17.4. The molecule has 26 heavy (non-hydrogen) atoms. The number of fused-ring (bicyclic) bond motifs is 1. The number of rotatable bonds is 0. The van der Waals surface area contributed by atoms with Crippen LogP contribution in [-0.2, 0) is 9.53 Å². The molecule has 3 saturated carbocycles. The molecule has 11 atom stereocenters. The van der Waals surface area contributed by atoms with Crippen LogP contribution in [0.4, 0.5) is 0 Å². The lowest BCUT2D eigenvalue weighted by atomic mass is 9.52. The molecule has 7 unspecified atom stereocenters. The SMILES string of the molecule is C=C1[C@@H](C)[C@]23C[C@@]1(C)C(C)C(C)C2C12C=CC(C)C(C)(C(=O)O1)C2[C@@H]3C. The van der Waals surface area contributed by atoms with E-state index < -0.39 is 5.60 Å². The second-order valence-electron chi connectivity index (χ2n) is 11.0. The fraction of sp³-hybridized carbons (Fsp3) is 0.792. The van der Waals surface area contributed by atoms with Crippen LogP contribution in [0, 0.1) is 57.7 Å². The van der Waals surface area contributed by atoms with Crippen LogP contribution in [0.15, 0.2) is 24.3 Å². The Morgan fingerprint density at radius 1 is 1.08 bits per heavy atom. The van der Waals surface area contributed by atoms with Gasteiger partial charge in [-0.3, -0.25) is 4.79 Å². The van der Waals surface area contributed by atoms with E-state index in [2.05, 4.69) is 67.2 Å². The number of ether oxygens (including phenoxy) is 1. The lowest BCUT2D eigenvalue weighted by Gasteiger charge is -2.53. The predicted molar refractivity (Wildman–Crippen MR) is 103 cm³/mol. The smallest absolute Gasteiger partial charge is 0.313 e. The standard InChI is InChI=1S/C24H34O2/c1-12-9-10-24-18-13(2)14(3)21(7)11-23(18,16(5)15(21)4)17(6)19(24)22(12,8)20(25)26-24/h9-10,12-14,16-19H,4,11H2,1-3,5-8H3/t12?,13?,14?,16-,17+,18?,19?,21+,22?,23+,24?/m1/s1. The van der Waals surface area contributed by atoms with Crippen LogP contribution in [0.2, 0.25) is 0 Å². The summed E-state index contributed by atoms with van der Waals surface area (Å²) < 4.78 is 6.44. The predicted octanol–water partition coefficient (Wildman–Crippen LogP) is 5.25. The van der Waals surface area contributed by atoms with E-state index in [1.54, 1.807) is 0 Å². The van der Waals surface area contributed by atoms with Gasteiger partial charge >= 0.3 is 5.97 Å². The summed E-state index contributed by atoms with van der Waals surface area (Å²) in [5, 5.41) is 0. The van der Waals surface area contributed by atoms with E-state index >= 15 is 0 Å². The van der Waals surface area contributed by atoms with Crippen molar-refractivity contribution in [3.63, 3.8) is 0 Å². The molecule has 1 saturated heterocycles. The molecule has 2 heteroatoms. The number of carbonyl (C=O) groups is 1. The van der Waals surface area contributed by atoms with Gasteiger partial charge in [0, 0.05) is 11.8 Å². The van der Waals surface area contributed by atoms with E-state index in [4.69, 9.17) is 4.74 Å². The van der Waals surface area contributed by atoms with Gasteiger partial charge in [0.2, 0.25) is 0 Å². The summed E-state index contributed by atoms with van der Waals surface area (Å²) >= 11 is 0. The van der Waals surface area contributed by atoms with Gasteiger partial charge in [-0.15, -0.1) is 0 Å². The van der Waals surface area contributed by atoms with Crippen molar-refractivity contribution in [2.75, 3.05) is 0 Å². The molecule has 0 amide bonds. The Balaban J connectivity index is 1.81. The number of carbonyl (C=O) groups excluding carboxylic acids is 1. The van der Waals surface area contributed by atoms with Gasteiger partial charge in [-0.05, 0) is 59.8 Å². The summed E-state index contributed by atoms with van der Waals surface area (Å²) in [4.78, 5) is 13.1. The minimum absolute atomic E-state index is 0.0411.